The van der Waals surface area contributed by atoms with Crippen molar-refractivity contribution >= 4 is 23.3 Å². The maximum absolute atomic E-state index is 12.4. The molecule has 1 unspecified atom stereocenters. The molecule has 0 heterocycles. The van der Waals surface area contributed by atoms with Crippen molar-refractivity contribution in [3.63, 3.8) is 0 Å². The van der Waals surface area contributed by atoms with Crippen molar-refractivity contribution in [2.45, 2.75) is 19.1 Å². The van der Waals surface area contributed by atoms with Crippen LogP contribution in [0.3, 0.4) is 0 Å². The Kier molecular flexibility index (Phi) is 3.87. The number of nitrogens with one attached hydrogen (secondary N) is 1. The second-order valence-electron chi connectivity index (χ2n) is 3.40. The summed E-state index contributed by atoms with van der Waals surface area (Å²) in [5, 5.41) is 11.1. The number of aliphatic carboxylic acids is 1. The first kappa shape index (κ1) is 13.6. The molecule has 7 heteroatoms. The van der Waals surface area contributed by atoms with Gasteiger partial charge in [-0.25, -0.2) is 0 Å². The molecule has 0 spiro atoms. The first-order chi connectivity index (χ1) is 7.71. The van der Waals surface area contributed by atoms with E-state index in [4.69, 9.17) is 16.7 Å². The van der Waals surface area contributed by atoms with E-state index in [1.165, 1.54) is 6.92 Å². The van der Waals surface area contributed by atoms with Gasteiger partial charge in [0.1, 0.15) is 6.04 Å². The average molecular weight is 268 g/mol. The van der Waals surface area contributed by atoms with Crippen molar-refractivity contribution in [3.05, 3.63) is 28.8 Å². The van der Waals surface area contributed by atoms with Gasteiger partial charge in [-0.1, -0.05) is 11.6 Å². The van der Waals surface area contributed by atoms with Gasteiger partial charge in [-0.15, -0.1) is 0 Å². The summed E-state index contributed by atoms with van der Waals surface area (Å²) in [6, 6.07) is 1.65. The first-order valence-electron chi connectivity index (χ1n) is 4.58. The maximum Gasteiger partial charge on any atom is 0.416 e. The summed E-state index contributed by atoms with van der Waals surface area (Å²) in [7, 11) is 0. The number of rotatable bonds is 3. The van der Waals surface area contributed by atoms with Crippen LogP contribution in [0.5, 0.6) is 0 Å². The van der Waals surface area contributed by atoms with Crippen LogP contribution >= 0.6 is 11.6 Å². The van der Waals surface area contributed by atoms with Crippen molar-refractivity contribution in [3.8, 4) is 0 Å². The number of carbonyl (C=O) groups is 1. The zero-order chi connectivity index (χ0) is 13.2. The van der Waals surface area contributed by atoms with Gasteiger partial charge in [-0.3, -0.25) is 4.79 Å². The van der Waals surface area contributed by atoms with Crippen LogP contribution in [0.4, 0.5) is 18.9 Å². The fourth-order valence-corrected chi connectivity index (χ4v) is 1.28. The van der Waals surface area contributed by atoms with Crippen molar-refractivity contribution in [2.24, 2.45) is 0 Å². The Morgan fingerprint density at radius 3 is 2.53 bits per heavy atom. The monoisotopic (exact) mass is 267 g/mol. The molecular formula is C10H9ClF3NO2. The highest BCUT2D eigenvalue weighted by molar-refractivity contribution is 6.33. The third-order valence-corrected chi connectivity index (χ3v) is 2.37. The van der Waals surface area contributed by atoms with Gasteiger partial charge < -0.3 is 10.4 Å². The summed E-state index contributed by atoms with van der Waals surface area (Å²) in [5.41, 5.74) is -0.946. The van der Waals surface area contributed by atoms with E-state index in [0.29, 0.717) is 0 Å². The molecule has 0 aromatic heterocycles. The summed E-state index contributed by atoms with van der Waals surface area (Å²) < 4.78 is 37.2. The fourth-order valence-electron chi connectivity index (χ4n) is 1.11. The topological polar surface area (TPSA) is 49.3 Å². The number of anilines is 1. The molecule has 0 saturated heterocycles. The van der Waals surface area contributed by atoms with E-state index < -0.39 is 23.8 Å². The highest BCUT2D eigenvalue weighted by Crippen LogP contribution is 2.33. The van der Waals surface area contributed by atoms with E-state index >= 15 is 0 Å². The average Bonchev–Trinajstić information content (AvgIpc) is 2.19. The molecule has 1 atom stereocenters. The Bertz CT molecular complexity index is 434. The number of carboxylic acids is 1. The van der Waals surface area contributed by atoms with Gasteiger partial charge in [0.05, 0.1) is 16.3 Å². The molecule has 0 radical (unpaired) electrons. The zero-order valence-electron chi connectivity index (χ0n) is 8.68. The summed E-state index contributed by atoms with van der Waals surface area (Å²) in [4.78, 5) is 10.6. The molecule has 17 heavy (non-hydrogen) atoms. The number of hydrogen-bond acceptors (Lipinski definition) is 2. The van der Waals surface area contributed by atoms with Gasteiger partial charge in [0.15, 0.2) is 0 Å². The lowest BCUT2D eigenvalue weighted by atomic mass is 10.2. The number of alkyl halides is 3. The van der Waals surface area contributed by atoms with Crippen molar-refractivity contribution in [1.29, 1.82) is 0 Å². The third-order valence-electron chi connectivity index (χ3n) is 2.04. The van der Waals surface area contributed by atoms with E-state index in [2.05, 4.69) is 5.32 Å². The van der Waals surface area contributed by atoms with Crippen LogP contribution in [-0.2, 0) is 11.0 Å². The number of hydrogen-bond donors (Lipinski definition) is 2. The minimum Gasteiger partial charge on any atom is -0.480 e. The first-order valence-corrected chi connectivity index (χ1v) is 4.95. The normalized spacial score (nSPS) is 13.2. The molecule has 0 amide bonds. The largest absolute Gasteiger partial charge is 0.480 e. The predicted octanol–water partition coefficient (Wildman–Crippen LogP) is 3.24. The van der Waals surface area contributed by atoms with Crippen LogP contribution in [0.2, 0.25) is 5.02 Å². The van der Waals surface area contributed by atoms with Gasteiger partial charge in [0.25, 0.3) is 0 Å². The molecule has 0 aliphatic carbocycles. The molecule has 1 rings (SSSR count). The molecule has 0 aliphatic rings. The molecule has 3 nitrogen and oxygen atoms in total. The molecular weight excluding hydrogens is 259 g/mol. The highest BCUT2D eigenvalue weighted by atomic mass is 35.5. The molecule has 1 aromatic rings. The second kappa shape index (κ2) is 4.83. The van der Waals surface area contributed by atoms with E-state index in [9.17, 15) is 18.0 Å². The minimum absolute atomic E-state index is 0.0334. The third kappa shape index (κ3) is 3.52. The molecule has 0 saturated carbocycles. The Morgan fingerprint density at radius 1 is 1.47 bits per heavy atom. The number of halogens is 4. The van der Waals surface area contributed by atoms with Gasteiger partial charge in [0, 0.05) is 0 Å². The fraction of sp³-hybridized carbons (Fsp3) is 0.300. The SMILES string of the molecule is CC(Nc1cc(C(F)(F)F)ccc1Cl)C(=O)O. The summed E-state index contributed by atoms with van der Waals surface area (Å²) >= 11 is 5.67. The van der Waals surface area contributed by atoms with E-state index in [-0.39, 0.29) is 10.7 Å². The van der Waals surface area contributed by atoms with Crippen LogP contribution in [0.25, 0.3) is 0 Å². The highest BCUT2D eigenvalue weighted by Gasteiger charge is 2.31. The Labute approximate surface area is 100 Å². The lowest BCUT2D eigenvalue weighted by Crippen LogP contribution is -2.25. The Hall–Kier alpha value is -1.43. The molecule has 0 fully saturated rings. The van der Waals surface area contributed by atoms with Crippen molar-refractivity contribution in [2.75, 3.05) is 5.32 Å². The van der Waals surface area contributed by atoms with Gasteiger partial charge >= 0.3 is 12.1 Å². The summed E-state index contributed by atoms with van der Waals surface area (Å²) in [5.74, 6) is -1.18. The van der Waals surface area contributed by atoms with Gasteiger partial charge in [0.2, 0.25) is 0 Å². The quantitative estimate of drug-likeness (QED) is 0.884. The molecule has 0 bridgehead atoms. The van der Waals surface area contributed by atoms with E-state index in [0.717, 1.165) is 18.2 Å². The standard InChI is InChI=1S/C10H9ClF3NO2/c1-5(9(16)17)15-8-4-6(10(12,13)14)2-3-7(8)11/h2-5,15H,1H3,(H,16,17). The maximum atomic E-state index is 12.4. The van der Waals surface area contributed by atoms with E-state index in [1.54, 1.807) is 0 Å². The smallest absolute Gasteiger partial charge is 0.416 e. The van der Waals surface area contributed by atoms with Crippen LogP contribution in [0, 0.1) is 0 Å². The number of carboxylic acid groups (broad SMARTS) is 1. The summed E-state index contributed by atoms with van der Waals surface area (Å²) in [6.45, 7) is 1.30. The second-order valence-corrected chi connectivity index (χ2v) is 3.80. The number of benzene rings is 1. The van der Waals surface area contributed by atoms with E-state index in [1.807, 2.05) is 0 Å². The van der Waals surface area contributed by atoms with Crippen LogP contribution in [0.1, 0.15) is 12.5 Å². The molecule has 2 N–H and O–H groups in total. The predicted molar refractivity (Wildman–Crippen MR) is 57.2 cm³/mol. The lowest BCUT2D eigenvalue weighted by molar-refractivity contribution is -0.138. The molecule has 1 aromatic carbocycles. The molecule has 94 valence electrons. The van der Waals surface area contributed by atoms with Crippen molar-refractivity contribution < 1.29 is 23.1 Å². The van der Waals surface area contributed by atoms with Gasteiger partial charge in [-0.05, 0) is 25.1 Å². The van der Waals surface area contributed by atoms with Crippen LogP contribution < -0.4 is 5.32 Å². The zero-order valence-corrected chi connectivity index (χ0v) is 9.43. The Morgan fingerprint density at radius 2 is 2.06 bits per heavy atom. The minimum atomic E-state index is -4.49. The van der Waals surface area contributed by atoms with Gasteiger partial charge in [-0.2, -0.15) is 13.2 Å². The molecule has 0 aliphatic heterocycles. The van der Waals surface area contributed by atoms with Crippen LogP contribution in [0.15, 0.2) is 18.2 Å². The Balaban J connectivity index is 3.03. The summed E-state index contributed by atoms with van der Waals surface area (Å²) in [6.07, 6.45) is -4.49. The van der Waals surface area contributed by atoms with Crippen LogP contribution in [-0.4, -0.2) is 17.1 Å². The lowest BCUT2D eigenvalue weighted by Gasteiger charge is -2.14. The van der Waals surface area contributed by atoms with Crippen molar-refractivity contribution in [1.82, 2.24) is 0 Å².